The summed E-state index contributed by atoms with van der Waals surface area (Å²) in [6.07, 6.45) is 0. The summed E-state index contributed by atoms with van der Waals surface area (Å²) in [5, 5.41) is 13.0. The highest BCUT2D eigenvalue weighted by atomic mass is 35.5. The van der Waals surface area contributed by atoms with Crippen LogP contribution in [0.4, 0.5) is 4.79 Å². The molecule has 0 spiro atoms. The van der Waals surface area contributed by atoms with Crippen LogP contribution in [0.25, 0.3) is 11.1 Å². The number of hydrogen-bond donors (Lipinski definition) is 2. The van der Waals surface area contributed by atoms with Crippen LogP contribution in [0.5, 0.6) is 5.75 Å². The number of benzene rings is 1. The van der Waals surface area contributed by atoms with Crippen LogP contribution in [-0.4, -0.2) is 39.6 Å². The standard InChI is InChI=1S/C17H15Cl2N3O3/c1-9-16(24)21-17(25)22(9,2)8-10-3-4-13(23)12(5-10)11-6-14(18)20-15(19)7-11/h3-7,9H,8H2,1-2H3,(H-,20,21,23,24,25)/p+1. The van der Waals surface area contributed by atoms with Crippen molar-refractivity contribution in [3.8, 4) is 16.9 Å². The molecule has 1 aromatic carbocycles. The van der Waals surface area contributed by atoms with E-state index < -0.39 is 6.04 Å². The van der Waals surface area contributed by atoms with Gasteiger partial charge in [0.05, 0.1) is 7.05 Å². The van der Waals surface area contributed by atoms with Crippen molar-refractivity contribution in [3.63, 3.8) is 0 Å². The lowest BCUT2D eigenvalue weighted by atomic mass is 10.0. The molecule has 0 saturated carbocycles. The predicted octanol–water partition coefficient (Wildman–Crippen LogP) is 3.35. The molecule has 2 atom stereocenters. The number of carbonyl (C=O) groups excluding carboxylic acids is 2. The highest BCUT2D eigenvalue weighted by Gasteiger charge is 2.49. The average molecular weight is 381 g/mol. The Balaban J connectivity index is 2.00. The van der Waals surface area contributed by atoms with Gasteiger partial charge in [-0.05, 0) is 42.8 Å². The number of hydrogen-bond acceptors (Lipinski definition) is 4. The summed E-state index contributed by atoms with van der Waals surface area (Å²) >= 11 is 11.9. The molecule has 3 rings (SSSR count). The summed E-state index contributed by atoms with van der Waals surface area (Å²) in [6, 6.07) is 7.37. The Bertz CT molecular complexity index is 867. The number of aromatic nitrogens is 1. The summed E-state index contributed by atoms with van der Waals surface area (Å²) < 4.78 is -0.0824. The molecule has 1 aliphatic rings. The van der Waals surface area contributed by atoms with E-state index in [1.165, 1.54) is 0 Å². The Morgan fingerprint density at radius 2 is 1.84 bits per heavy atom. The first-order chi connectivity index (χ1) is 11.7. The van der Waals surface area contributed by atoms with E-state index in [1.54, 1.807) is 44.3 Å². The molecule has 0 radical (unpaired) electrons. The van der Waals surface area contributed by atoms with Crippen molar-refractivity contribution in [1.29, 1.82) is 0 Å². The SMILES string of the molecule is CC1C(=O)NC(=O)[N+]1(C)Cc1ccc(O)c(-c2cc(Cl)nc(Cl)c2)c1. The third kappa shape index (κ3) is 3.20. The number of amides is 3. The van der Waals surface area contributed by atoms with E-state index in [0.29, 0.717) is 17.7 Å². The molecular weight excluding hydrogens is 365 g/mol. The smallest absolute Gasteiger partial charge is 0.424 e. The second-order valence-corrected chi connectivity index (χ2v) is 7.02. The Labute approximate surface area is 154 Å². The number of phenolic OH excluding ortho intramolecular Hbond substituents is 1. The minimum absolute atomic E-state index is 0.0553. The van der Waals surface area contributed by atoms with Gasteiger partial charge < -0.3 is 5.11 Å². The Kier molecular flexibility index (Phi) is 4.45. The zero-order valence-corrected chi connectivity index (χ0v) is 15.1. The quantitative estimate of drug-likeness (QED) is 0.486. The number of carbonyl (C=O) groups is 2. The van der Waals surface area contributed by atoms with Crippen molar-refractivity contribution >= 4 is 35.1 Å². The fraction of sp³-hybridized carbons (Fsp3) is 0.235. The number of aromatic hydroxyl groups is 1. The number of halogens is 2. The molecule has 2 N–H and O–H groups in total. The van der Waals surface area contributed by atoms with Crippen LogP contribution < -0.4 is 5.32 Å². The topological polar surface area (TPSA) is 79.3 Å². The molecule has 2 heterocycles. The van der Waals surface area contributed by atoms with Gasteiger partial charge >= 0.3 is 6.03 Å². The number of nitrogens with one attached hydrogen (secondary N) is 1. The summed E-state index contributed by atoms with van der Waals surface area (Å²) in [5.41, 5.74) is 1.92. The summed E-state index contributed by atoms with van der Waals surface area (Å²) in [6.45, 7) is 2.02. The van der Waals surface area contributed by atoms with E-state index in [-0.39, 0.29) is 32.5 Å². The van der Waals surface area contributed by atoms with Crippen LogP contribution in [0.1, 0.15) is 12.5 Å². The van der Waals surface area contributed by atoms with E-state index >= 15 is 0 Å². The molecule has 25 heavy (non-hydrogen) atoms. The molecule has 8 heteroatoms. The summed E-state index contributed by atoms with van der Waals surface area (Å²) in [7, 11) is 1.71. The molecular formula is C17H16Cl2N3O3+. The minimum Gasteiger partial charge on any atom is -0.507 e. The van der Waals surface area contributed by atoms with E-state index in [9.17, 15) is 14.7 Å². The molecule has 130 valence electrons. The van der Waals surface area contributed by atoms with Gasteiger partial charge in [-0.15, -0.1) is 0 Å². The van der Waals surface area contributed by atoms with Gasteiger partial charge in [0.15, 0.2) is 6.04 Å². The largest absolute Gasteiger partial charge is 0.507 e. The van der Waals surface area contributed by atoms with Crippen LogP contribution in [0.3, 0.4) is 0 Å². The van der Waals surface area contributed by atoms with Crippen LogP contribution in [0.15, 0.2) is 30.3 Å². The van der Waals surface area contributed by atoms with Gasteiger partial charge in [-0.25, -0.2) is 19.6 Å². The lowest BCUT2D eigenvalue weighted by Gasteiger charge is -2.28. The zero-order chi connectivity index (χ0) is 18.4. The van der Waals surface area contributed by atoms with Crippen molar-refractivity contribution in [2.45, 2.75) is 19.5 Å². The van der Waals surface area contributed by atoms with Gasteiger partial charge in [0.1, 0.15) is 22.6 Å². The molecule has 0 aliphatic carbocycles. The molecule has 0 bridgehead atoms. The van der Waals surface area contributed by atoms with Gasteiger partial charge in [-0.3, -0.25) is 4.79 Å². The maximum atomic E-state index is 12.2. The van der Waals surface area contributed by atoms with Crippen molar-refractivity contribution in [1.82, 2.24) is 10.3 Å². The fourth-order valence-corrected chi connectivity index (χ4v) is 3.35. The number of urea groups is 1. The molecule has 3 amide bonds. The van der Waals surface area contributed by atoms with Gasteiger partial charge in [0.25, 0.3) is 5.91 Å². The molecule has 1 aromatic heterocycles. The number of nitrogens with zero attached hydrogens (tertiary/aromatic N) is 2. The maximum absolute atomic E-state index is 12.2. The lowest BCUT2D eigenvalue weighted by Crippen LogP contribution is -2.50. The Hall–Kier alpha value is -2.15. The Morgan fingerprint density at radius 3 is 2.40 bits per heavy atom. The van der Waals surface area contributed by atoms with Crippen molar-refractivity contribution in [2.75, 3.05) is 7.05 Å². The predicted molar refractivity (Wildman–Crippen MR) is 94.2 cm³/mol. The first-order valence-corrected chi connectivity index (χ1v) is 8.32. The summed E-state index contributed by atoms with van der Waals surface area (Å²) in [4.78, 5) is 27.9. The van der Waals surface area contributed by atoms with E-state index in [4.69, 9.17) is 23.2 Å². The first-order valence-electron chi connectivity index (χ1n) is 7.56. The van der Waals surface area contributed by atoms with Gasteiger partial charge in [-0.2, -0.15) is 0 Å². The molecule has 1 fully saturated rings. The van der Waals surface area contributed by atoms with Crippen molar-refractivity contribution < 1.29 is 19.2 Å². The zero-order valence-electron chi connectivity index (χ0n) is 13.6. The van der Waals surface area contributed by atoms with Crippen LogP contribution >= 0.6 is 23.2 Å². The van der Waals surface area contributed by atoms with Crippen LogP contribution in [-0.2, 0) is 11.3 Å². The summed E-state index contributed by atoms with van der Waals surface area (Å²) in [5.74, 6) is -0.237. The van der Waals surface area contributed by atoms with E-state index in [2.05, 4.69) is 10.3 Å². The molecule has 2 unspecified atom stereocenters. The second-order valence-electron chi connectivity index (χ2n) is 6.25. The number of rotatable bonds is 3. The normalized spacial score (nSPS) is 23.0. The second kappa shape index (κ2) is 6.29. The molecule has 1 aliphatic heterocycles. The highest BCUT2D eigenvalue weighted by Crippen LogP contribution is 2.34. The lowest BCUT2D eigenvalue weighted by molar-refractivity contribution is -0.851. The number of quaternary nitrogens is 1. The number of likely N-dealkylation sites (N-methyl/N-ethyl adjacent to an activating group) is 1. The number of imide groups is 1. The van der Waals surface area contributed by atoms with Crippen molar-refractivity contribution in [3.05, 3.63) is 46.2 Å². The number of phenols is 1. The van der Waals surface area contributed by atoms with E-state index in [1.807, 2.05) is 0 Å². The number of pyridine rings is 1. The average Bonchev–Trinajstić information content (AvgIpc) is 2.72. The van der Waals surface area contributed by atoms with Gasteiger partial charge in [-0.1, -0.05) is 23.2 Å². The molecule has 6 nitrogen and oxygen atoms in total. The first kappa shape index (κ1) is 17.7. The van der Waals surface area contributed by atoms with E-state index in [0.717, 1.165) is 5.56 Å². The monoisotopic (exact) mass is 380 g/mol. The Morgan fingerprint density at radius 1 is 1.20 bits per heavy atom. The molecule has 1 saturated heterocycles. The minimum atomic E-state index is -0.491. The third-order valence-electron chi connectivity index (χ3n) is 4.57. The highest BCUT2D eigenvalue weighted by molar-refractivity contribution is 6.32. The maximum Gasteiger partial charge on any atom is 0.424 e. The third-order valence-corrected chi connectivity index (χ3v) is 4.96. The van der Waals surface area contributed by atoms with Gasteiger partial charge in [0.2, 0.25) is 0 Å². The fourth-order valence-electron chi connectivity index (χ4n) is 2.89. The van der Waals surface area contributed by atoms with Gasteiger partial charge in [0, 0.05) is 11.1 Å². The van der Waals surface area contributed by atoms with Crippen LogP contribution in [0.2, 0.25) is 10.3 Å². The molecule has 2 aromatic rings. The van der Waals surface area contributed by atoms with Crippen LogP contribution in [0, 0.1) is 0 Å². The van der Waals surface area contributed by atoms with Crippen molar-refractivity contribution in [2.24, 2.45) is 0 Å².